The number of carbonyl (C=O) groups is 1. The molecule has 3 N–H and O–H groups in total. The van der Waals surface area contributed by atoms with Gasteiger partial charge >= 0.3 is 0 Å². The van der Waals surface area contributed by atoms with E-state index in [9.17, 15) is 9.59 Å². The van der Waals surface area contributed by atoms with Crippen molar-refractivity contribution in [1.82, 2.24) is 5.32 Å². The van der Waals surface area contributed by atoms with Crippen LogP contribution >= 0.6 is 0 Å². The highest BCUT2D eigenvalue weighted by Gasteiger charge is 2.23. The fourth-order valence-electron chi connectivity index (χ4n) is 3.32. The van der Waals surface area contributed by atoms with Gasteiger partial charge in [0.2, 0.25) is 0 Å². The van der Waals surface area contributed by atoms with E-state index in [1.807, 2.05) is 6.92 Å². The molecule has 0 spiro atoms. The van der Waals surface area contributed by atoms with Crippen LogP contribution < -0.4 is 16.5 Å². The zero-order chi connectivity index (χ0) is 16.4. The molecule has 0 saturated heterocycles. The highest BCUT2D eigenvalue weighted by molar-refractivity contribution is 5.93. The Balaban J connectivity index is 1.80. The van der Waals surface area contributed by atoms with E-state index in [2.05, 4.69) is 5.32 Å². The van der Waals surface area contributed by atoms with E-state index in [1.54, 1.807) is 18.2 Å². The summed E-state index contributed by atoms with van der Waals surface area (Å²) >= 11 is 0. The summed E-state index contributed by atoms with van der Waals surface area (Å²) < 4.78 is 5.58. The van der Waals surface area contributed by atoms with Crippen molar-refractivity contribution in [3.63, 3.8) is 0 Å². The normalized spacial score (nSPS) is 17.1. The van der Waals surface area contributed by atoms with Gasteiger partial charge < -0.3 is 15.5 Å². The first-order valence-electron chi connectivity index (χ1n) is 8.19. The lowest BCUT2D eigenvalue weighted by atomic mass is 9.84. The third kappa shape index (κ3) is 3.38. The van der Waals surface area contributed by atoms with Crippen LogP contribution in [0, 0.1) is 5.92 Å². The maximum Gasteiger partial charge on any atom is 0.287 e. The highest BCUT2D eigenvalue weighted by Crippen LogP contribution is 2.26. The Kier molecular flexibility index (Phi) is 4.37. The second-order valence-electron chi connectivity index (χ2n) is 6.39. The molecule has 1 fully saturated rings. The number of fused-ring (bicyclic) bond motifs is 1. The van der Waals surface area contributed by atoms with Crippen molar-refractivity contribution < 1.29 is 9.21 Å². The number of benzene rings is 1. The van der Waals surface area contributed by atoms with Crippen molar-refractivity contribution in [2.45, 2.75) is 45.1 Å². The minimum absolute atomic E-state index is 0.0509. The van der Waals surface area contributed by atoms with Crippen LogP contribution in [0.3, 0.4) is 0 Å². The van der Waals surface area contributed by atoms with Crippen LogP contribution in [0.5, 0.6) is 0 Å². The quantitative estimate of drug-likeness (QED) is 0.853. The zero-order valence-corrected chi connectivity index (χ0v) is 13.3. The lowest BCUT2D eigenvalue weighted by Gasteiger charge is -2.28. The van der Waals surface area contributed by atoms with Crippen LogP contribution in [-0.2, 0) is 0 Å². The fourth-order valence-corrected chi connectivity index (χ4v) is 3.32. The van der Waals surface area contributed by atoms with Gasteiger partial charge in [0.1, 0.15) is 5.58 Å². The Morgan fingerprint density at radius 2 is 2.00 bits per heavy atom. The van der Waals surface area contributed by atoms with E-state index < -0.39 is 0 Å². The Morgan fingerprint density at radius 3 is 2.74 bits per heavy atom. The molecular weight excluding hydrogens is 292 g/mol. The first-order chi connectivity index (χ1) is 11.0. The molecule has 1 aromatic heterocycles. The van der Waals surface area contributed by atoms with Gasteiger partial charge in [-0.25, -0.2) is 0 Å². The molecule has 2 aromatic rings. The zero-order valence-electron chi connectivity index (χ0n) is 13.3. The van der Waals surface area contributed by atoms with Crippen molar-refractivity contribution in [1.29, 1.82) is 0 Å². The SMILES string of the molecule is C[C@H](NC(=O)c1cc(=O)c2cc(N)ccc2o1)C1CCCCC1. The van der Waals surface area contributed by atoms with Gasteiger partial charge in [0.15, 0.2) is 11.2 Å². The van der Waals surface area contributed by atoms with Gasteiger partial charge in [0, 0.05) is 17.8 Å². The maximum absolute atomic E-state index is 12.4. The first-order valence-corrected chi connectivity index (χ1v) is 8.19. The lowest BCUT2D eigenvalue weighted by molar-refractivity contribution is 0.0891. The van der Waals surface area contributed by atoms with Crippen molar-refractivity contribution in [3.8, 4) is 0 Å². The molecule has 1 aliphatic rings. The van der Waals surface area contributed by atoms with Crippen LogP contribution in [-0.4, -0.2) is 11.9 Å². The number of nitrogen functional groups attached to an aromatic ring is 1. The molecule has 1 saturated carbocycles. The maximum atomic E-state index is 12.4. The summed E-state index contributed by atoms with van der Waals surface area (Å²) in [6.07, 6.45) is 6.00. The number of hydrogen-bond acceptors (Lipinski definition) is 4. The molecule has 1 aromatic carbocycles. The van der Waals surface area contributed by atoms with Crippen LogP contribution in [0.2, 0.25) is 0 Å². The average molecular weight is 314 g/mol. The Bertz CT molecular complexity index is 775. The second-order valence-corrected chi connectivity index (χ2v) is 6.39. The molecule has 3 rings (SSSR count). The van der Waals surface area contributed by atoms with Gasteiger partial charge in [-0.2, -0.15) is 0 Å². The number of nitrogens with one attached hydrogen (secondary N) is 1. The summed E-state index contributed by atoms with van der Waals surface area (Å²) in [5.41, 5.74) is 6.29. The topological polar surface area (TPSA) is 85.3 Å². The van der Waals surface area contributed by atoms with Crippen molar-refractivity contribution in [3.05, 3.63) is 40.2 Å². The smallest absolute Gasteiger partial charge is 0.287 e. The van der Waals surface area contributed by atoms with Crippen molar-refractivity contribution in [2.75, 3.05) is 5.73 Å². The molecule has 1 heterocycles. The number of carbonyl (C=O) groups excluding carboxylic acids is 1. The van der Waals surface area contributed by atoms with Gasteiger partial charge in [-0.1, -0.05) is 19.3 Å². The number of rotatable bonds is 3. The van der Waals surface area contributed by atoms with E-state index >= 15 is 0 Å². The molecular formula is C18H22N2O3. The number of amides is 1. The molecule has 122 valence electrons. The van der Waals surface area contributed by atoms with Gasteiger partial charge in [0.25, 0.3) is 5.91 Å². The molecule has 1 amide bonds. The first kappa shape index (κ1) is 15.6. The van der Waals surface area contributed by atoms with E-state index in [0.717, 1.165) is 12.8 Å². The van der Waals surface area contributed by atoms with Crippen molar-refractivity contribution >= 4 is 22.6 Å². The predicted molar refractivity (Wildman–Crippen MR) is 90.4 cm³/mol. The van der Waals surface area contributed by atoms with E-state index in [1.165, 1.54) is 25.3 Å². The molecule has 0 bridgehead atoms. The molecule has 5 heteroatoms. The molecule has 0 unspecified atom stereocenters. The minimum Gasteiger partial charge on any atom is -0.451 e. The molecule has 23 heavy (non-hydrogen) atoms. The van der Waals surface area contributed by atoms with Crippen LogP contribution in [0.25, 0.3) is 11.0 Å². The summed E-state index contributed by atoms with van der Waals surface area (Å²) in [7, 11) is 0. The average Bonchev–Trinajstić information content (AvgIpc) is 2.56. The molecule has 1 atom stereocenters. The molecule has 5 nitrogen and oxygen atoms in total. The predicted octanol–water partition coefficient (Wildman–Crippen LogP) is 3.07. The second kappa shape index (κ2) is 6.44. The van der Waals surface area contributed by atoms with Gasteiger partial charge in [-0.15, -0.1) is 0 Å². The van der Waals surface area contributed by atoms with E-state index in [0.29, 0.717) is 22.6 Å². The Morgan fingerprint density at radius 1 is 1.26 bits per heavy atom. The monoisotopic (exact) mass is 314 g/mol. The number of hydrogen-bond donors (Lipinski definition) is 2. The van der Waals surface area contributed by atoms with E-state index in [-0.39, 0.29) is 23.1 Å². The summed E-state index contributed by atoms with van der Waals surface area (Å²) in [5, 5.41) is 3.36. The van der Waals surface area contributed by atoms with Gasteiger partial charge in [0.05, 0.1) is 5.39 Å². The number of anilines is 1. The fraction of sp³-hybridized carbons (Fsp3) is 0.444. The third-order valence-electron chi connectivity index (χ3n) is 4.69. The largest absolute Gasteiger partial charge is 0.451 e. The minimum atomic E-state index is -0.334. The van der Waals surface area contributed by atoms with E-state index in [4.69, 9.17) is 10.2 Å². The summed E-state index contributed by atoms with van der Waals surface area (Å²) in [6, 6.07) is 6.15. The lowest BCUT2D eigenvalue weighted by Crippen LogP contribution is -2.39. The van der Waals surface area contributed by atoms with Crippen molar-refractivity contribution in [2.24, 2.45) is 5.92 Å². The Hall–Kier alpha value is -2.30. The standard InChI is InChI=1S/C18H22N2O3/c1-11(12-5-3-2-4-6-12)20-18(22)17-10-15(21)14-9-13(19)7-8-16(14)23-17/h7-12H,2-6,19H2,1H3,(H,20,22)/t11-/m0/s1. The third-order valence-corrected chi connectivity index (χ3v) is 4.69. The number of nitrogens with two attached hydrogens (primary N) is 1. The molecule has 1 aliphatic carbocycles. The molecule has 0 aliphatic heterocycles. The highest BCUT2D eigenvalue weighted by atomic mass is 16.3. The van der Waals surface area contributed by atoms with Crippen LogP contribution in [0.1, 0.15) is 49.6 Å². The summed E-state index contributed by atoms with van der Waals surface area (Å²) in [4.78, 5) is 24.5. The summed E-state index contributed by atoms with van der Waals surface area (Å²) in [6.45, 7) is 2.02. The van der Waals surface area contributed by atoms with Crippen LogP contribution in [0.15, 0.2) is 33.5 Å². The van der Waals surface area contributed by atoms with Gasteiger partial charge in [-0.05, 0) is 43.9 Å². The Labute approximate surface area is 134 Å². The van der Waals surface area contributed by atoms with Crippen LogP contribution in [0.4, 0.5) is 5.69 Å². The summed E-state index contributed by atoms with van der Waals surface area (Å²) in [5.74, 6) is 0.216. The molecule has 0 radical (unpaired) electrons. The van der Waals surface area contributed by atoms with Gasteiger partial charge in [-0.3, -0.25) is 9.59 Å².